The maximum absolute atomic E-state index is 5.35. The summed E-state index contributed by atoms with van der Waals surface area (Å²) in [6.45, 7) is 4.52. The minimum Gasteiger partial charge on any atom is -0.473 e. The van der Waals surface area contributed by atoms with Crippen LogP contribution in [-0.4, -0.2) is 0 Å². The molecule has 0 aromatic heterocycles. The normalized spacial score (nSPS) is 11.7. The molecule has 21 heavy (non-hydrogen) atoms. The Bertz CT molecular complexity index is 230. The van der Waals surface area contributed by atoms with Crippen LogP contribution in [0.25, 0.3) is 0 Å². The SMILES string of the molecule is CCCCCCC=COC=CCCCCCCCCCC. The Kier molecular flexibility index (Phi) is 18.6. The fourth-order valence-electron chi connectivity index (χ4n) is 2.38. The molecule has 0 unspecified atom stereocenters. The topological polar surface area (TPSA) is 9.23 Å². The lowest BCUT2D eigenvalue weighted by Gasteiger charge is -1.99. The molecule has 0 radical (unpaired) electrons. The zero-order chi connectivity index (χ0) is 15.4. The number of allylic oxidation sites excluding steroid dienone is 2. The van der Waals surface area contributed by atoms with E-state index in [-0.39, 0.29) is 0 Å². The summed E-state index contributed by atoms with van der Waals surface area (Å²) in [5, 5.41) is 0. The number of unbranched alkanes of at least 4 members (excludes halogenated alkanes) is 12. The molecule has 0 heterocycles. The van der Waals surface area contributed by atoms with Crippen LogP contribution >= 0.6 is 0 Å². The van der Waals surface area contributed by atoms with Crippen molar-refractivity contribution in [3.05, 3.63) is 24.7 Å². The van der Waals surface area contributed by atoms with Gasteiger partial charge in [-0.2, -0.15) is 0 Å². The Labute approximate surface area is 133 Å². The highest BCUT2D eigenvalue weighted by Gasteiger charge is 1.90. The van der Waals surface area contributed by atoms with Crippen molar-refractivity contribution in [1.82, 2.24) is 0 Å². The highest BCUT2D eigenvalue weighted by molar-refractivity contribution is 4.79. The zero-order valence-corrected chi connectivity index (χ0v) is 14.6. The van der Waals surface area contributed by atoms with Gasteiger partial charge in [0.1, 0.15) is 0 Å². The molecular formula is C20H38O. The first-order valence-electron chi connectivity index (χ1n) is 9.37. The number of rotatable bonds is 16. The number of ether oxygens (including phenoxy) is 1. The van der Waals surface area contributed by atoms with Crippen molar-refractivity contribution in [2.45, 2.75) is 104 Å². The molecule has 0 rings (SSSR count). The Morgan fingerprint density at radius 3 is 1.38 bits per heavy atom. The Balaban J connectivity index is 3.13. The van der Waals surface area contributed by atoms with E-state index in [1.165, 1.54) is 77.0 Å². The minimum atomic E-state index is 1.14. The van der Waals surface area contributed by atoms with Gasteiger partial charge in [-0.25, -0.2) is 0 Å². The second kappa shape index (κ2) is 19.3. The Morgan fingerprint density at radius 2 is 0.905 bits per heavy atom. The van der Waals surface area contributed by atoms with Gasteiger partial charge in [0.15, 0.2) is 0 Å². The number of hydrogen-bond donors (Lipinski definition) is 0. The Morgan fingerprint density at radius 1 is 0.524 bits per heavy atom. The maximum atomic E-state index is 5.35. The summed E-state index contributed by atoms with van der Waals surface area (Å²) in [6, 6.07) is 0. The van der Waals surface area contributed by atoms with E-state index in [9.17, 15) is 0 Å². The highest BCUT2D eigenvalue weighted by Crippen LogP contribution is 2.09. The molecule has 0 saturated carbocycles. The fourth-order valence-corrected chi connectivity index (χ4v) is 2.38. The first kappa shape index (κ1) is 20.3. The first-order chi connectivity index (χ1) is 10.4. The quantitative estimate of drug-likeness (QED) is 0.211. The van der Waals surface area contributed by atoms with Crippen LogP contribution in [0.15, 0.2) is 24.7 Å². The largest absolute Gasteiger partial charge is 0.473 e. The van der Waals surface area contributed by atoms with Gasteiger partial charge < -0.3 is 4.74 Å². The zero-order valence-electron chi connectivity index (χ0n) is 14.6. The molecule has 0 N–H and O–H groups in total. The summed E-state index contributed by atoms with van der Waals surface area (Å²) in [4.78, 5) is 0. The average Bonchev–Trinajstić information content (AvgIpc) is 2.50. The maximum Gasteiger partial charge on any atom is 0.0861 e. The van der Waals surface area contributed by atoms with Crippen molar-refractivity contribution in [2.75, 3.05) is 0 Å². The molecule has 0 amide bonds. The van der Waals surface area contributed by atoms with Gasteiger partial charge in [-0.1, -0.05) is 78.1 Å². The van der Waals surface area contributed by atoms with Gasteiger partial charge in [-0.15, -0.1) is 0 Å². The van der Waals surface area contributed by atoms with E-state index in [4.69, 9.17) is 4.74 Å². The summed E-state index contributed by atoms with van der Waals surface area (Å²) < 4.78 is 5.35. The van der Waals surface area contributed by atoms with Crippen LogP contribution < -0.4 is 0 Å². The first-order valence-corrected chi connectivity index (χ1v) is 9.37. The third kappa shape index (κ3) is 19.3. The summed E-state index contributed by atoms with van der Waals surface area (Å²) in [5.41, 5.74) is 0. The van der Waals surface area contributed by atoms with E-state index in [2.05, 4.69) is 26.0 Å². The highest BCUT2D eigenvalue weighted by atomic mass is 16.5. The molecule has 0 aliphatic carbocycles. The standard InChI is InChI=1S/C20H38O/c1-3-5-7-9-11-12-13-14-16-18-20-21-19-17-15-10-8-6-4-2/h17-20H,3-16H2,1-2H3. The van der Waals surface area contributed by atoms with Crippen molar-refractivity contribution in [2.24, 2.45) is 0 Å². The Hall–Kier alpha value is -0.720. The lowest BCUT2D eigenvalue weighted by atomic mass is 10.1. The van der Waals surface area contributed by atoms with E-state index in [0.717, 1.165) is 12.8 Å². The van der Waals surface area contributed by atoms with Gasteiger partial charge in [0.2, 0.25) is 0 Å². The minimum absolute atomic E-state index is 1.14. The average molecular weight is 295 g/mol. The molecule has 0 aromatic carbocycles. The molecule has 0 aliphatic heterocycles. The number of hydrogen-bond acceptors (Lipinski definition) is 1. The molecule has 0 fully saturated rings. The van der Waals surface area contributed by atoms with Gasteiger partial charge in [0.25, 0.3) is 0 Å². The second-order valence-corrected chi connectivity index (χ2v) is 5.99. The third-order valence-corrected chi connectivity index (χ3v) is 3.80. The lowest BCUT2D eigenvalue weighted by Crippen LogP contribution is -1.80. The van der Waals surface area contributed by atoms with Gasteiger partial charge in [0, 0.05) is 0 Å². The molecule has 0 spiro atoms. The summed E-state index contributed by atoms with van der Waals surface area (Å²) in [6.07, 6.45) is 26.6. The van der Waals surface area contributed by atoms with Crippen LogP contribution in [0, 0.1) is 0 Å². The van der Waals surface area contributed by atoms with Gasteiger partial charge in [0.05, 0.1) is 12.5 Å². The molecule has 1 heteroatoms. The predicted molar refractivity (Wildman–Crippen MR) is 95.4 cm³/mol. The van der Waals surface area contributed by atoms with Crippen molar-refractivity contribution in [3.63, 3.8) is 0 Å². The molecular weight excluding hydrogens is 256 g/mol. The van der Waals surface area contributed by atoms with Gasteiger partial charge in [-0.3, -0.25) is 0 Å². The second-order valence-electron chi connectivity index (χ2n) is 5.99. The predicted octanol–water partition coefficient (Wildman–Crippen LogP) is 7.53. The van der Waals surface area contributed by atoms with E-state index < -0.39 is 0 Å². The van der Waals surface area contributed by atoms with Crippen molar-refractivity contribution in [3.8, 4) is 0 Å². The third-order valence-electron chi connectivity index (χ3n) is 3.80. The molecule has 0 bridgehead atoms. The molecule has 0 aliphatic rings. The van der Waals surface area contributed by atoms with E-state index in [1.54, 1.807) is 0 Å². The molecule has 1 nitrogen and oxygen atoms in total. The van der Waals surface area contributed by atoms with Crippen molar-refractivity contribution in [1.29, 1.82) is 0 Å². The van der Waals surface area contributed by atoms with Crippen LogP contribution in [0.2, 0.25) is 0 Å². The van der Waals surface area contributed by atoms with Gasteiger partial charge in [-0.05, 0) is 37.8 Å². The van der Waals surface area contributed by atoms with Gasteiger partial charge >= 0.3 is 0 Å². The summed E-state index contributed by atoms with van der Waals surface area (Å²) in [5.74, 6) is 0. The van der Waals surface area contributed by atoms with Crippen molar-refractivity contribution >= 4 is 0 Å². The van der Waals surface area contributed by atoms with Crippen LogP contribution in [0.5, 0.6) is 0 Å². The van der Waals surface area contributed by atoms with Crippen LogP contribution in [0.4, 0.5) is 0 Å². The lowest BCUT2D eigenvalue weighted by molar-refractivity contribution is 0.397. The molecule has 124 valence electrons. The molecule has 0 atom stereocenters. The smallest absolute Gasteiger partial charge is 0.0861 e. The van der Waals surface area contributed by atoms with Crippen molar-refractivity contribution < 1.29 is 4.74 Å². The molecule has 0 aromatic rings. The monoisotopic (exact) mass is 294 g/mol. The fraction of sp³-hybridized carbons (Fsp3) is 0.800. The van der Waals surface area contributed by atoms with E-state index in [0.29, 0.717) is 0 Å². The van der Waals surface area contributed by atoms with Crippen LogP contribution in [-0.2, 0) is 4.74 Å². The molecule has 0 saturated heterocycles. The summed E-state index contributed by atoms with van der Waals surface area (Å²) >= 11 is 0. The van der Waals surface area contributed by atoms with Crippen LogP contribution in [0.1, 0.15) is 104 Å². The van der Waals surface area contributed by atoms with E-state index >= 15 is 0 Å². The summed E-state index contributed by atoms with van der Waals surface area (Å²) in [7, 11) is 0. The van der Waals surface area contributed by atoms with E-state index in [1.807, 2.05) is 12.5 Å². The van der Waals surface area contributed by atoms with Crippen LogP contribution in [0.3, 0.4) is 0 Å².